The number of rotatable bonds is 5. The number of morpholine rings is 1. The molecule has 0 spiro atoms. The Kier molecular flexibility index (Phi) is 6.50. The number of nitrogens with one attached hydrogen (secondary N) is 2. The van der Waals surface area contributed by atoms with Crippen molar-refractivity contribution < 1.29 is 27.4 Å². The number of benzene rings is 2. The quantitative estimate of drug-likeness (QED) is 0.293. The van der Waals surface area contributed by atoms with Crippen LogP contribution in [-0.4, -0.2) is 66.2 Å². The molecular formula is C29H26F3N7O3S. The second-order valence-electron chi connectivity index (χ2n) is 10.8. The zero-order valence-corrected chi connectivity index (χ0v) is 23.4. The molecule has 10 nitrogen and oxygen atoms in total. The first-order valence-corrected chi connectivity index (χ1v) is 14.6. The summed E-state index contributed by atoms with van der Waals surface area (Å²) in [4.78, 5) is 28.1. The molecule has 14 heteroatoms. The number of halogens is 3. The highest BCUT2D eigenvalue weighted by atomic mass is 32.1. The van der Waals surface area contributed by atoms with Gasteiger partial charge in [0.15, 0.2) is 5.69 Å². The largest absolute Gasteiger partial charge is 0.405 e. The number of benzodiazepines with no additional fused rings is 1. The SMILES string of the molecule is N=C(OC(N)=N[C@H]1N=C(c2ccccc2)c2ccccc2NC1=O)c1nc(C2(C(F)(F)F)CC2)sc1N1CCO[C@H]2C[C@H]21. The van der Waals surface area contributed by atoms with E-state index in [0.717, 1.165) is 23.3 Å². The molecule has 4 aliphatic rings. The molecule has 3 fully saturated rings. The Morgan fingerprint density at radius 3 is 2.67 bits per heavy atom. The van der Waals surface area contributed by atoms with Crippen molar-refractivity contribution in [3.05, 3.63) is 76.4 Å². The lowest BCUT2D eigenvalue weighted by molar-refractivity contribution is -0.160. The summed E-state index contributed by atoms with van der Waals surface area (Å²) >= 11 is 0.930. The molecule has 1 saturated heterocycles. The number of hydrogen-bond donors (Lipinski definition) is 3. The van der Waals surface area contributed by atoms with Crippen molar-refractivity contribution in [2.45, 2.75) is 49.2 Å². The number of thiazole rings is 1. The monoisotopic (exact) mass is 609 g/mol. The number of carbonyl (C=O) groups is 1. The van der Waals surface area contributed by atoms with Crippen LogP contribution in [0.1, 0.15) is 41.1 Å². The zero-order valence-electron chi connectivity index (χ0n) is 22.6. The number of carbonyl (C=O) groups excluding carboxylic acids is 1. The van der Waals surface area contributed by atoms with Crippen molar-refractivity contribution in [1.82, 2.24) is 4.98 Å². The van der Waals surface area contributed by atoms with Crippen LogP contribution in [0.25, 0.3) is 0 Å². The summed E-state index contributed by atoms with van der Waals surface area (Å²) in [7, 11) is 0. The number of anilines is 2. The molecule has 0 radical (unpaired) electrons. The van der Waals surface area contributed by atoms with E-state index in [0.29, 0.717) is 35.1 Å². The van der Waals surface area contributed by atoms with Gasteiger partial charge in [-0.25, -0.2) is 9.98 Å². The topological polar surface area (TPSA) is 138 Å². The van der Waals surface area contributed by atoms with Gasteiger partial charge in [-0.1, -0.05) is 59.9 Å². The number of amidine groups is 1. The fourth-order valence-electron chi connectivity index (χ4n) is 5.45. The summed E-state index contributed by atoms with van der Waals surface area (Å²) in [5.41, 5.74) is 6.51. The highest BCUT2D eigenvalue weighted by molar-refractivity contribution is 7.16. The van der Waals surface area contributed by atoms with Crippen LogP contribution in [0, 0.1) is 5.41 Å². The Bertz CT molecular complexity index is 1670. The predicted molar refractivity (Wildman–Crippen MR) is 155 cm³/mol. The van der Waals surface area contributed by atoms with Crippen LogP contribution in [0.15, 0.2) is 64.6 Å². The van der Waals surface area contributed by atoms with Crippen molar-refractivity contribution in [3.63, 3.8) is 0 Å². The van der Waals surface area contributed by atoms with Gasteiger partial charge >= 0.3 is 6.18 Å². The molecule has 7 rings (SSSR count). The fraction of sp³-hybridized carbons (Fsp3) is 0.345. The van der Waals surface area contributed by atoms with Gasteiger partial charge in [-0.2, -0.15) is 18.2 Å². The van der Waals surface area contributed by atoms with Crippen LogP contribution < -0.4 is 16.0 Å². The fourth-order valence-corrected chi connectivity index (χ4v) is 6.86. The van der Waals surface area contributed by atoms with Crippen LogP contribution >= 0.6 is 11.3 Å². The standard InChI is InChI=1S/C29H26F3N7O3S/c30-29(31,32)28(10-11-28)26-37-21(25(43-26)39-12-13-41-19-14-18(19)39)22(33)42-27(34)38-23-24(40)35-17-9-5-4-8-16(17)20(36-23)15-6-2-1-3-7-15/h1-9,18-19,23,33H,10-14H2,(H2,34,38)(H,35,40)/t18-,19+,23-/m1/s1. The minimum absolute atomic E-state index is 0.000860. The highest BCUT2D eigenvalue weighted by Crippen LogP contribution is 2.61. The summed E-state index contributed by atoms with van der Waals surface area (Å²) < 4.78 is 53.2. The van der Waals surface area contributed by atoms with Gasteiger partial charge in [-0.05, 0) is 25.3 Å². The van der Waals surface area contributed by atoms with Gasteiger partial charge in [0.25, 0.3) is 11.9 Å². The summed E-state index contributed by atoms with van der Waals surface area (Å²) in [5.74, 6) is -1.13. The van der Waals surface area contributed by atoms with Crippen molar-refractivity contribution in [2.75, 3.05) is 23.4 Å². The van der Waals surface area contributed by atoms with Gasteiger partial charge < -0.3 is 25.4 Å². The number of amides is 1. The number of aromatic nitrogens is 1. The summed E-state index contributed by atoms with van der Waals surface area (Å²) in [6.07, 6.45) is -5.19. The zero-order chi connectivity index (χ0) is 29.9. The van der Waals surface area contributed by atoms with E-state index in [1.165, 1.54) is 0 Å². The molecule has 222 valence electrons. The van der Waals surface area contributed by atoms with Gasteiger partial charge in [0.05, 0.1) is 30.2 Å². The molecule has 0 bridgehead atoms. The van der Waals surface area contributed by atoms with Crippen LogP contribution in [0.3, 0.4) is 0 Å². The second-order valence-corrected chi connectivity index (χ2v) is 11.8. The van der Waals surface area contributed by atoms with Crippen LogP contribution in [0.5, 0.6) is 0 Å². The number of aliphatic imine (C=N–C) groups is 2. The van der Waals surface area contributed by atoms with Gasteiger partial charge in [0.1, 0.15) is 15.4 Å². The first kappa shape index (κ1) is 27.5. The molecule has 3 heterocycles. The Hall–Kier alpha value is -4.30. The Morgan fingerprint density at radius 1 is 1.19 bits per heavy atom. The lowest BCUT2D eigenvalue weighted by Gasteiger charge is -2.27. The number of hydrogen-bond acceptors (Lipinski definition) is 9. The normalized spacial score (nSPS) is 24.2. The van der Waals surface area contributed by atoms with E-state index in [2.05, 4.69) is 20.3 Å². The van der Waals surface area contributed by atoms with E-state index in [1.54, 1.807) is 12.1 Å². The Morgan fingerprint density at radius 2 is 1.93 bits per heavy atom. The Balaban J connectivity index is 1.20. The van der Waals surface area contributed by atoms with E-state index >= 15 is 0 Å². The van der Waals surface area contributed by atoms with Crippen molar-refractivity contribution >= 4 is 45.6 Å². The average molecular weight is 610 g/mol. The number of para-hydroxylation sites is 1. The number of nitrogens with zero attached hydrogens (tertiary/aromatic N) is 4. The van der Waals surface area contributed by atoms with Gasteiger partial charge in [0.2, 0.25) is 12.1 Å². The third-order valence-corrected chi connectivity index (χ3v) is 9.28. The molecular weight excluding hydrogens is 583 g/mol. The first-order valence-electron chi connectivity index (χ1n) is 13.7. The van der Waals surface area contributed by atoms with Crippen LogP contribution in [-0.2, 0) is 19.7 Å². The molecule has 4 N–H and O–H groups in total. The molecule has 2 aliphatic carbocycles. The lowest BCUT2D eigenvalue weighted by Crippen LogP contribution is -2.37. The van der Waals surface area contributed by atoms with Gasteiger partial charge in [-0.3, -0.25) is 10.2 Å². The third kappa shape index (κ3) is 4.93. The smallest absolute Gasteiger partial charge is 0.400 e. The lowest BCUT2D eigenvalue weighted by atomic mass is 10.0. The average Bonchev–Trinajstić information content (AvgIpc) is 3.91. The van der Waals surface area contributed by atoms with E-state index in [1.807, 2.05) is 47.4 Å². The molecule has 2 saturated carbocycles. The maximum Gasteiger partial charge on any atom is 0.400 e. The molecule has 43 heavy (non-hydrogen) atoms. The Labute approximate surface area is 248 Å². The second kappa shape index (κ2) is 10.2. The molecule has 2 aliphatic heterocycles. The van der Waals surface area contributed by atoms with E-state index in [9.17, 15) is 18.0 Å². The minimum atomic E-state index is -4.46. The van der Waals surface area contributed by atoms with E-state index < -0.39 is 35.6 Å². The van der Waals surface area contributed by atoms with Crippen molar-refractivity contribution in [3.8, 4) is 0 Å². The third-order valence-electron chi connectivity index (χ3n) is 7.98. The number of nitrogens with two attached hydrogens (primary N) is 1. The molecule has 1 aromatic heterocycles. The number of alkyl halides is 3. The van der Waals surface area contributed by atoms with Gasteiger partial charge in [-0.15, -0.1) is 0 Å². The summed E-state index contributed by atoms with van der Waals surface area (Å²) in [6, 6.07) is 15.9. The molecule has 1 amide bonds. The maximum atomic E-state index is 14.0. The van der Waals surface area contributed by atoms with E-state index in [-0.39, 0.29) is 35.7 Å². The predicted octanol–water partition coefficient (Wildman–Crippen LogP) is 4.19. The summed E-state index contributed by atoms with van der Waals surface area (Å²) in [6.45, 7) is 0.864. The van der Waals surface area contributed by atoms with Crippen LogP contribution in [0.4, 0.5) is 23.9 Å². The van der Waals surface area contributed by atoms with Crippen LogP contribution in [0.2, 0.25) is 0 Å². The van der Waals surface area contributed by atoms with Gasteiger partial charge in [0, 0.05) is 17.7 Å². The molecule has 3 aromatic rings. The van der Waals surface area contributed by atoms with E-state index in [4.69, 9.17) is 20.6 Å². The maximum absolute atomic E-state index is 14.0. The van der Waals surface area contributed by atoms with Crippen molar-refractivity contribution in [2.24, 2.45) is 15.7 Å². The molecule has 0 unspecified atom stereocenters. The molecule has 2 aromatic carbocycles. The minimum Gasteiger partial charge on any atom is -0.405 e. The van der Waals surface area contributed by atoms with Crippen molar-refractivity contribution in [1.29, 1.82) is 5.41 Å². The number of ether oxygens (including phenoxy) is 2. The molecule has 3 atom stereocenters. The summed E-state index contributed by atoms with van der Waals surface area (Å²) in [5, 5.41) is 11.8. The first-order chi connectivity index (χ1) is 20.6. The highest BCUT2D eigenvalue weighted by Gasteiger charge is 2.66. The number of fused-ring (bicyclic) bond motifs is 2.